The highest BCUT2D eigenvalue weighted by atomic mass is 32.2. The average Bonchev–Trinajstić information content (AvgIpc) is 2.57. The molecular weight excluding hydrogens is 354 g/mol. The minimum absolute atomic E-state index is 0.0244. The van der Waals surface area contributed by atoms with Crippen molar-refractivity contribution in [3.8, 4) is 5.75 Å². The van der Waals surface area contributed by atoms with E-state index in [1.54, 1.807) is 18.2 Å². The summed E-state index contributed by atoms with van der Waals surface area (Å²) >= 11 is 0. The van der Waals surface area contributed by atoms with Crippen molar-refractivity contribution in [2.45, 2.75) is 17.9 Å². The van der Waals surface area contributed by atoms with E-state index in [1.807, 2.05) is 0 Å². The first-order chi connectivity index (χ1) is 11.9. The van der Waals surface area contributed by atoms with Crippen LogP contribution in [-0.4, -0.2) is 27.5 Å². The molecule has 0 unspecified atom stereocenters. The lowest BCUT2D eigenvalue weighted by Gasteiger charge is -2.08. The van der Waals surface area contributed by atoms with Crippen molar-refractivity contribution in [2.75, 3.05) is 11.9 Å². The molecule has 0 saturated carbocycles. The summed E-state index contributed by atoms with van der Waals surface area (Å²) in [6, 6.07) is 13.2. The lowest BCUT2D eigenvalue weighted by molar-refractivity contribution is -0.116. The normalized spacial score (nSPS) is 11.3. The molecule has 0 atom stereocenters. The van der Waals surface area contributed by atoms with E-state index in [0.29, 0.717) is 5.69 Å². The molecule has 0 aliphatic carbocycles. The zero-order chi connectivity index (χ0) is 18.3. The molecule has 1 amide bonds. The second-order valence-corrected chi connectivity index (χ2v) is 6.68. The van der Waals surface area contributed by atoms with Gasteiger partial charge in [-0.1, -0.05) is 18.2 Å². The number of carbonyl (C=O) groups is 1. The lowest BCUT2D eigenvalue weighted by Crippen LogP contribution is -2.27. The number of halogens is 2. The molecule has 0 aliphatic rings. The van der Waals surface area contributed by atoms with E-state index >= 15 is 0 Å². The minimum Gasteiger partial charge on any atom is -0.435 e. The summed E-state index contributed by atoms with van der Waals surface area (Å²) in [5, 5.41) is 2.53. The van der Waals surface area contributed by atoms with Crippen LogP contribution < -0.4 is 14.8 Å². The van der Waals surface area contributed by atoms with Gasteiger partial charge in [0.1, 0.15) is 5.75 Å². The zero-order valence-electron chi connectivity index (χ0n) is 13.0. The average molecular weight is 370 g/mol. The quantitative estimate of drug-likeness (QED) is 0.748. The van der Waals surface area contributed by atoms with E-state index in [0.717, 1.165) is 0 Å². The largest absolute Gasteiger partial charge is 0.435 e. The summed E-state index contributed by atoms with van der Waals surface area (Å²) in [5.41, 5.74) is 0.387. The Balaban J connectivity index is 1.81. The van der Waals surface area contributed by atoms with Gasteiger partial charge in [-0.25, -0.2) is 13.1 Å². The Bertz CT molecular complexity index is 797. The standard InChI is InChI=1S/C16H16F2N2O4S/c17-16(18)24-13-8-6-12(7-9-13)20-15(21)10-11-19-25(22,23)14-4-2-1-3-5-14/h1-9,16,19H,10-11H2,(H,20,21). The van der Waals surface area contributed by atoms with E-state index < -0.39 is 22.5 Å². The van der Waals surface area contributed by atoms with Gasteiger partial charge in [0.2, 0.25) is 15.9 Å². The number of carbonyl (C=O) groups excluding carboxylic acids is 1. The second kappa shape index (κ2) is 8.54. The number of rotatable bonds is 8. The van der Waals surface area contributed by atoms with Crippen molar-refractivity contribution in [3.63, 3.8) is 0 Å². The Kier molecular flexibility index (Phi) is 6.43. The van der Waals surface area contributed by atoms with Crippen LogP contribution in [0.1, 0.15) is 6.42 Å². The Morgan fingerprint density at radius 3 is 2.28 bits per heavy atom. The minimum atomic E-state index is -3.66. The second-order valence-electron chi connectivity index (χ2n) is 4.91. The zero-order valence-corrected chi connectivity index (χ0v) is 13.8. The third-order valence-electron chi connectivity index (χ3n) is 3.06. The van der Waals surface area contributed by atoms with Crippen molar-refractivity contribution in [1.82, 2.24) is 4.72 Å². The molecule has 0 heterocycles. The molecule has 2 aromatic rings. The highest BCUT2D eigenvalue weighted by molar-refractivity contribution is 7.89. The highest BCUT2D eigenvalue weighted by Crippen LogP contribution is 2.17. The first kappa shape index (κ1) is 18.8. The van der Waals surface area contributed by atoms with Crippen LogP contribution in [0.3, 0.4) is 0 Å². The van der Waals surface area contributed by atoms with Crippen LogP contribution in [0.15, 0.2) is 59.5 Å². The van der Waals surface area contributed by atoms with Crippen LogP contribution in [0.25, 0.3) is 0 Å². The Morgan fingerprint density at radius 1 is 1.04 bits per heavy atom. The Hall–Kier alpha value is -2.52. The molecule has 0 spiro atoms. The number of hydrogen-bond acceptors (Lipinski definition) is 4. The molecule has 0 aromatic heterocycles. The number of alkyl halides is 2. The van der Waals surface area contributed by atoms with Gasteiger partial charge >= 0.3 is 6.61 Å². The van der Waals surface area contributed by atoms with Gasteiger partial charge in [0.05, 0.1) is 4.90 Å². The van der Waals surface area contributed by atoms with Gasteiger partial charge in [0.25, 0.3) is 0 Å². The van der Waals surface area contributed by atoms with Crippen LogP contribution in [0, 0.1) is 0 Å². The molecule has 2 rings (SSSR count). The third-order valence-corrected chi connectivity index (χ3v) is 4.54. The van der Waals surface area contributed by atoms with E-state index in [9.17, 15) is 22.0 Å². The molecule has 2 N–H and O–H groups in total. The summed E-state index contributed by atoms with van der Waals surface area (Å²) in [6.45, 7) is -2.99. The fraction of sp³-hybridized carbons (Fsp3) is 0.188. The molecule has 0 fully saturated rings. The first-order valence-corrected chi connectivity index (χ1v) is 8.74. The van der Waals surface area contributed by atoms with E-state index in [-0.39, 0.29) is 23.6 Å². The monoisotopic (exact) mass is 370 g/mol. The van der Waals surface area contributed by atoms with Crippen LogP contribution in [0.5, 0.6) is 5.75 Å². The number of nitrogens with one attached hydrogen (secondary N) is 2. The van der Waals surface area contributed by atoms with Gasteiger partial charge in [0, 0.05) is 18.7 Å². The van der Waals surface area contributed by atoms with Crippen LogP contribution >= 0.6 is 0 Å². The number of ether oxygens (including phenoxy) is 1. The van der Waals surface area contributed by atoms with Crippen LogP contribution in [0.2, 0.25) is 0 Å². The smallest absolute Gasteiger partial charge is 0.387 e. The van der Waals surface area contributed by atoms with Gasteiger partial charge < -0.3 is 10.1 Å². The number of sulfonamides is 1. The predicted molar refractivity (Wildman–Crippen MR) is 88.0 cm³/mol. The summed E-state index contributed by atoms with van der Waals surface area (Å²) in [6.07, 6.45) is -0.0820. The molecule has 0 aliphatic heterocycles. The van der Waals surface area contributed by atoms with Crippen LogP contribution in [0.4, 0.5) is 14.5 Å². The summed E-state index contributed by atoms with van der Waals surface area (Å²) in [7, 11) is -3.66. The molecule has 25 heavy (non-hydrogen) atoms. The van der Waals surface area contributed by atoms with Crippen molar-refractivity contribution in [1.29, 1.82) is 0 Å². The molecular formula is C16H16F2N2O4S. The third kappa shape index (κ3) is 6.12. The fourth-order valence-corrected chi connectivity index (χ4v) is 2.98. The predicted octanol–water partition coefficient (Wildman–Crippen LogP) is 2.60. The summed E-state index contributed by atoms with van der Waals surface area (Å²) < 4.78 is 54.6. The van der Waals surface area contributed by atoms with Gasteiger partial charge in [0.15, 0.2) is 0 Å². The highest BCUT2D eigenvalue weighted by Gasteiger charge is 2.13. The molecule has 2 aromatic carbocycles. The molecule has 0 radical (unpaired) electrons. The molecule has 134 valence electrons. The summed E-state index contributed by atoms with van der Waals surface area (Å²) in [4.78, 5) is 11.9. The molecule has 0 saturated heterocycles. The van der Waals surface area contributed by atoms with E-state index in [1.165, 1.54) is 36.4 Å². The maximum absolute atomic E-state index is 12.0. The van der Waals surface area contributed by atoms with Gasteiger partial charge in [-0.05, 0) is 36.4 Å². The number of anilines is 1. The molecule has 9 heteroatoms. The molecule has 6 nitrogen and oxygen atoms in total. The lowest BCUT2D eigenvalue weighted by atomic mass is 10.3. The number of benzene rings is 2. The Labute approximate surface area is 143 Å². The van der Waals surface area contributed by atoms with Gasteiger partial charge in [-0.2, -0.15) is 8.78 Å². The van der Waals surface area contributed by atoms with Gasteiger partial charge in [-0.3, -0.25) is 4.79 Å². The number of hydrogen-bond donors (Lipinski definition) is 2. The summed E-state index contributed by atoms with van der Waals surface area (Å²) in [5.74, 6) is -0.443. The van der Waals surface area contributed by atoms with Crippen molar-refractivity contribution in [2.24, 2.45) is 0 Å². The van der Waals surface area contributed by atoms with Crippen molar-refractivity contribution in [3.05, 3.63) is 54.6 Å². The van der Waals surface area contributed by atoms with E-state index in [4.69, 9.17) is 0 Å². The first-order valence-electron chi connectivity index (χ1n) is 7.26. The Morgan fingerprint density at radius 2 is 1.68 bits per heavy atom. The number of amides is 1. The van der Waals surface area contributed by atoms with Crippen LogP contribution in [-0.2, 0) is 14.8 Å². The molecule has 0 bridgehead atoms. The SMILES string of the molecule is O=C(CCNS(=O)(=O)c1ccccc1)Nc1ccc(OC(F)F)cc1. The van der Waals surface area contributed by atoms with Crippen molar-refractivity contribution < 1.29 is 26.7 Å². The maximum Gasteiger partial charge on any atom is 0.387 e. The maximum atomic E-state index is 12.0. The topological polar surface area (TPSA) is 84.5 Å². The van der Waals surface area contributed by atoms with Gasteiger partial charge in [-0.15, -0.1) is 0 Å². The van der Waals surface area contributed by atoms with Crippen molar-refractivity contribution >= 4 is 21.6 Å². The fourth-order valence-electron chi connectivity index (χ4n) is 1.93. The van der Waals surface area contributed by atoms with E-state index in [2.05, 4.69) is 14.8 Å².